The van der Waals surface area contributed by atoms with E-state index in [-0.39, 0.29) is 0 Å². The van der Waals surface area contributed by atoms with E-state index in [0.717, 1.165) is 0 Å². The molecule has 3 aromatic rings. The maximum Gasteiger partial charge on any atom is 0.485 e. The number of H-pyrrole nitrogens is 1. The fourth-order valence-electron chi connectivity index (χ4n) is 1.99. The molecule has 0 aliphatic heterocycles. The van der Waals surface area contributed by atoms with Gasteiger partial charge in [0.15, 0.2) is 16.3 Å². The summed E-state index contributed by atoms with van der Waals surface area (Å²) in [6.07, 6.45) is 2.07. The molecular formula is C13H11F3N2O3S. The van der Waals surface area contributed by atoms with Gasteiger partial charge >= 0.3 is 5.51 Å². The summed E-state index contributed by atoms with van der Waals surface area (Å²) in [7, 11) is -4.02. The highest BCUT2D eigenvalue weighted by atomic mass is 32.2. The highest BCUT2D eigenvalue weighted by molar-refractivity contribution is 7.86. The van der Waals surface area contributed by atoms with E-state index in [2.05, 4.69) is 59.2 Å². The second-order valence-corrected chi connectivity index (χ2v) is 5.82. The lowest BCUT2D eigenvalue weighted by Crippen LogP contribution is -2.27. The van der Waals surface area contributed by atoms with Crippen LogP contribution in [0.1, 0.15) is 0 Å². The zero-order valence-corrected chi connectivity index (χ0v) is 12.1. The molecule has 0 spiro atoms. The number of hydrogen-bond acceptors (Lipinski definition) is 3. The van der Waals surface area contributed by atoms with Crippen LogP contribution in [-0.4, -0.2) is 23.5 Å². The van der Waals surface area contributed by atoms with Crippen molar-refractivity contribution in [2.45, 2.75) is 5.51 Å². The number of nitrogens with zero attached hydrogens (tertiary/aromatic N) is 1. The standard InChI is InChI=1S/C12H10N2.CHF3O3S/c1-14-8-4-7-11-12(14)9-5-2-3-6-10(9)13-11;2-1(3,4)8(5,6)7/h2-8H,1H3;(H,5,6,7). The van der Waals surface area contributed by atoms with Crippen LogP contribution in [0.4, 0.5) is 13.2 Å². The van der Waals surface area contributed by atoms with Crippen LogP contribution in [0, 0.1) is 0 Å². The zero-order valence-electron chi connectivity index (χ0n) is 11.3. The van der Waals surface area contributed by atoms with E-state index >= 15 is 0 Å². The maximum absolute atomic E-state index is 10.7. The van der Waals surface area contributed by atoms with Gasteiger partial charge in [-0.3, -0.25) is 0 Å². The number of fused-ring (bicyclic) bond motifs is 3. The van der Waals surface area contributed by atoms with Gasteiger partial charge in [-0.15, -0.1) is 0 Å². The first-order valence-electron chi connectivity index (χ1n) is 5.98. The molecule has 0 amide bonds. The lowest BCUT2D eigenvalue weighted by Gasteiger charge is -2.08. The topological polar surface area (TPSA) is 76.9 Å². The molecular weight excluding hydrogens is 321 g/mol. The zero-order chi connectivity index (χ0) is 16.5. The van der Waals surface area contributed by atoms with Crippen molar-refractivity contribution in [3.05, 3.63) is 42.6 Å². The Morgan fingerprint density at radius 2 is 1.64 bits per heavy atom. The Labute approximate surface area is 123 Å². The van der Waals surface area contributed by atoms with Gasteiger partial charge in [-0.05, 0) is 18.2 Å². The van der Waals surface area contributed by atoms with E-state index < -0.39 is 15.6 Å². The summed E-state index contributed by atoms with van der Waals surface area (Å²) in [5, 5.41) is 1.28. The highest BCUT2D eigenvalue weighted by Gasteiger charge is 2.36. The Kier molecular flexibility index (Phi) is 4.12. The molecule has 3 rings (SSSR count). The Hall–Kier alpha value is -2.13. The Bertz CT molecular complexity index is 917. The monoisotopic (exact) mass is 332 g/mol. The minimum atomic E-state index is -6.09. The van der Waals surface area contributed by atoms with Crippen molar-refractivity contribution in [3.8, 4) is 0 Å². The third kappa shape index (κ3) is 3.20. The molecule has 118 valence electrons. The molecule has 0 unspecified atom stereocenters. The molecule has 2 aromatic heterocycles. The van der Waals surface area contributed by atoms with Crippen LogP contribution in [0.25, 0.3) is 21.9 Å². The van der Waals surface area contributed by atoms with E-state index in [0.29, 0.717) is 0 Å². The number of benzene rings is 1. The number of nitrogens with one attached hydrogen (secondary N) is 1. The molecule has 0 saturated carbocycles. The quantitative estimate of drug-likeness (QED) is 0.389. The molecule has 0 bridgehead atoms. The van der Waals surface area contributed by atoms with Crippen molar-refractivity contribution in [2.24, 2.45) is 7.05 Å². The summed E-state index contributed by atoms with van der Waals surface area (Å²) in [6, 6.07) is 12.5. The summed E-state index contributed by atoms with van der Waals surface area (Å²) in [5.41, 5.74) is -1.99. The van der Waals surface area contributed by atoms with Crippen LogP contribution in [0.5, 0.6) is 0 Å². The first kappa shape index (κ1) is 16.2. The van der Waals surface area contributed by atoms with Gasteiger partial charge in [0.1, 0.15) is 12.6 Å². The van der Waals surface area contributed by atoms with Crippen molar-refractivity contribution >= 4 is 32.1 Å². The lowest BCUT2D eigenvalue weighted by atomic mass is 10.2. The molecule has 1 N–H and O–H groups in total. The summed E-state index contributed by atoms with van der Waals surface area (Å²) in [6.45, 7) is 0. The van der Waals surface area contributed by atoms with Crippen molar-refractivity contribution < 1.29 is 30.7 Å². The molecule has 0 saturated heterocycles. The predicted octanol–water partition coefficient (Wildman–Crippen LogP) is 2.20. The Morgan fingerprint density at radius 1 is 1.09 bits per heavy atom. The number of hydrogen-bond donors (Lipinski definition) is 1. The molecule has 9 heteroatoms. The third-order valence-corrected chi connectivity index (χ3v) is 3.48. The molecule has 0 fully saturated rings. The minimum Gasteiger partial charge on any atom is -0.741 e. The summed E-state index contributed by atoms with van der Waals surface area (Å²) in [4.78, 5) is 3.40. The number of para-hydroxylation sites is 1. The molecule has 2 heterocycles. The number of pyridine rings is 1. The molecule has 22 heavy (non-hydrogen) atoms. The van der Waals surface area contributed by atoms with Crippen LogP contribution < -0.4 is 4.57 Å². The number of alkyl halides is 3. The summed E-state index contributed by atoms with van der Waals surface area (Å²) >= 11 is 0. The van der Waals surface area contributed by atoms with Gasteiger partial charge in [-0.25, -0.2) is 8.42 Å². The van der Waals surface area contributed by atoms with Crippen molar-refractivity contribution in [2.75, 3.05) is 0 Å². The second-order valence-electron chi connectivity index (χ2n) is 4.45. The van der Waals surface area contributed by atoms with E-state index in [9.17, 15) is 13.2 Å². The van der Waals surface area contributed by atoms with E-state index in [1.54, 1.807) is 0 Å². The van der Waals surface area contributed by atoms with E-state index in [4.69, 9.17) is 13.0 Å². The number of aromatic nitrogens is 2. The Balaban J connectivity index is 0.000000192. The fraction of sp³-hybridized carbons (Fsp3) is 0.154. The predicted molar refractivity (Wildman–Crippen MR) is 72.7 cm³/mol. The first-order valence-corrected chi connectivity index (χ1v) is 7.39. The highest BCUT2D eigenvalue weighted by Crippen LogP contribution is 2.21. The maximum atomic E-state index is 10.7. The number of aryl methyl sites for hydroxylation is 1. The molecule has 0 radical (unpaired) electrons. The van der Waals surface area contributed by atoms with E-state index in [1.165, 1.54) is 21.9 Å². The lowest BCUT2D eigenvalue weighted by molar-refractivity contribution is -0.644. The van der Waals surface area contributed by atoms with Crippen LogP contribution >= 0.6 is 0 Å². The minimum absolute atomic E-state index is 1.19. The SMILES string of the molecule is C[n+]1cccc2[nH]c3ccccc3c21.O=S(=O)([O-])C(F)(F)F. The van der Waals surface area contributed by atoms with Gasteiger partial charge in [0.2, 0.25) is 5.52 Å². The summed E-state index contributed by atoms with van der Waals surface area (Å²) < 4.78 is 61.0. The van der Waals surface area contributed by atoms with Gasteiger partial charge < -0.3 is 9.54 Å². The van der Waals surface area contributed by atoms with Crippen molar-refractivity contribution in [1.29, 1.82) is 0 Å². The van der Waals surface area contributed by atoms with Gasteiger partial charge in [-0.2, -0.15) is 17.7 Å². The molecule has 1 aromatic carbocycles. The van der Waals surface area contributed by atoms with Crippen molar-refractivity contribution in [3.63, 3.8) is 0 Å². The van der Waals surface area contributed by atoms with Crippen LogP contribution in [0.3, 0.4) is 0 Å². The number of aromatic amines is 1. The number of rotatable bonds is 0. The smallest absolute Gasteiger partial charge is 0.485 e. The van der Waals surface area contributed by atoms with Crippen molar-refractivity contribution in [1.82, 2.24) is 4.98 Å². The third-order valence-electron chi connectivity index (χ3n) is 2.92. The van der Waals surface area contributed by atoms with Crippen LogP contribution in [0.15, 0.2) is 42.6 Å². The Morgan fingerprint density at radius 3 is 2.23 bits per heavy atom. The van der Waals surface area contributed by atoms with Gasteiger partial charge in [0.05, 0.1) is 10.9 Å². The first-order chi connectivity index (χ1) is 10.1. The van der Waals surface area contributed by atoms with Gasteiger partial charge in [0, 0.05) is 6.07 Å². The largest absolute Gasteiger partial charge is 0.741 e. The van der Waals surface area contributed by atoms with Crippen LogP contribution in [-0.2, 0) is 17.2 Å². The van der Waals surface area contributed by atoms with Gasteiger partial charge in [0.25, 0.3) is 0 Å². The fourth-order valence-corrected chi connectivity index (χ4v) is 1.99. The van der Waals surface area contributed by atoms with Gasteiger partial charge in [-0.1, -0.05) is 12.1 Å². The second kappa shape index (κ2) is 5.58. The van der Waals surface area contributed by atoms with E-state index in [1.807, 2.05) is 0 Å². The summed E-state index contributed by atoms with van der Waals surface area (Å²) in [5.74, 6) is 0. The molecule has 0 atom stereocenters. The van der Waals surface area contributed by atoms with Crippen LogP contribution in [0.2, 0.25) is 0 Å². The average molecular weight is 332 g/mol. The average Bonchev–Trinajstić information content (AvgIpc) is 2.76. The molecule has 5 nitrogen and oxygen atoms in total. The molecule has 0 aliphatic carbocycles. The molecule has 0 aliphatic rings. The number of halogens is 3. The normalized spacial score (nSPS) is 12.2.